The summed E-state index contributed by atoms with van der Waals surface area (Å²) in [5, 5.41) is 0. The van der Waals surface area contributed by atoms with Crippen LogP contribution in [0.4, 0.5) is 5.69 Å². The first-order valence-electron chi connectivity index (χ1n) is 9.95. The van der Waals surface area contributed by atoms with Crippen LogP contribution in [-0.2, 0) is 14.9 Å². The molecule has 5 rings (SSSR count). The maximum Gasteiger partial charge on any atom is 0.310 e. The molecule has 0 spiro atoms. The molecule has 4 aliphatic rings. The van der Waals surface area contributed by atoms with Gasteiger partial charge in [-0.15, -0.1) is 0 Å². The highest BCUT2D eigenvalue weighted by Crippen LogP contribution is 2.63. The van der Waals surface area contributed by atoms with Crippen LogP contribution in [0.25, 0.3) is 0 Å². The van der Waals surface area contributed by atoms with Crippen molar-refractivity contribution in [1.82, 2.24) is 4.90 Å². The van der Waals surface area contributed by atoms with Gasteiger partial charge >= 0.3 is 5.97 Å². The molecule has 1 saturated carbocycles. The summed E-state index contributed by atoms with van der Waals surface area (Å²) in [4.78, 5) is 18.3. The molecule has 0 N–H and O–H groups in total. The summed E-state index contributed by atoms with van der Waals surface area (Å²) in [6, 6.07) is 7.17. The van der Waals surface area contributed by atoms with Gasteiger partial charge in [-0.2, -0.15) is 0 Å². The Morgan fingerprint density at radius 3 is 2.85 bits per heavy atom. The third-order valence-corrected chi connectivity index (χ3v) is 7.82. The van der Waals surface area contributed by atoms with E-state index < -0.39 is 0 Å². The first-order valence-corrected chi connectivity index (χ1v) is 9.95. The number of esters is 1. The van der Waals surface area contributed by atoms with Gasteiger partial charge in [-0.05, 0) is 56.0 Å². The van der Waals surface area contributed by atoms with Crippen molar-refractivity contribution in [2.24, 2.45) is 11.8 Å². The summed E-state index contributed by atoms with van der Waals surface area (Å²) in [6.07, 6.45) is 4.27. The van der Waals surface area contributed by atoms with Crippen molar-refractivity contribution in [2.75, 3.05) is 39.3 Å². The molecule has 1 aliphatic carbocycles. The predicted molar refractivity (Wildman–Crippen MR) is 104 cm³/mol. The lowest BCUT2D eigenvalue weighted by Crippen LogP contribution is -2.72. The molecule has 2 saturated heterocycles. The number of fused-ring (bicyclic) bond motifs is 2. The Labute approximate surface area is 160 Å². The molecule has 0 aromatic heterocycles. The third-order valence-electron chi connectivity index (χ3n) is 7.82. The van der Waals surface area contributed by atoms with Crippen LogP contribution >= 0.6 is 0 Å². The molecule has 5 heteroatoms. The largest absolute Gasteiger partial charge is 0.497 e. The van der Waals surface area contributed by atoms with Gasteiger partial charge in [0.15, 0.2) is 0 Å². The van der Waals surface area contributed by atoms with Gasteiger partial charge in [-0.3, -0.25) is 9.69 Å². The number of hydrogen-bond acceptors (Lipinski definition) is 5. The average Bonchev–Trinajstić information content (AvgIpc) is 2.96. The predicted octanol–water partition coefficient (Wildman–Crippen LogP) is 2.59. The van der Waals surface area contributed by atoms with E-state index in [1.165, 1.54) is 16.8 Å². The van der Waals surface area contributed by atoms with Crippen LogP contribution in [0.15, 0.2) is 29.8 Å². The zero-order valence-electron chi connectivity index (χ0n) is 16.6. The Balaban J connectivity index is 1.78. The Morgan fingerprint density at radius 2 is 2.15 bits per heavy atom. The molecular weight excluding hydrogens is 340 g/mol. The van der Waals surface area contributed by atoms with Gasteiger partial charge in [0.25, 0.3) is 0 Å². The number of ether oxygens (including phenoxy) is 2. The molecule has 1 aromatic rings. The van der Waals surface area contributed by atoms with Crippen molar-refractivity contribution in [3.05, 3.63) is 35.4 Å². The highest BCUT2D eigenvalue weighted by molar-refractivity contribution is 5.80. The van der Waals surface area contributed by atoms with E-state index >= 15 is 0 Å². The molecule has 5 nitrogen and oxygen atoms in total. The van der Waals surface area contributed by atoms with Gasteiger partial charge in [-0.25, -0.2) is 0 Å². The maximum atomic E-state index is 13.2. The summed E-state index contributed by atoms with van der Waals surface area (Å²) < 4.78 is 11.0. The number of rotatable bonds is 2. The molecule has 0 unspecified atom stereocenters. The van der Waals surface area contributed by atoms with Crippen molar-refractivity contribution in [1.29, 1.82) is 0 Å². The first-order chi connectivity index (χ1) is 13.1. The summed E-state index contributed by atoms with van der Waals surface area (Å²) >= 11 is 0. The number of nitrogens with zero attached hydrogens (tertiary/aromatic N) is 2. The minimum absolute atomic E-state index is 0.0535. The molecule has 3 fully saturated rings. The second-order valence-corrected chi connectivity index (χ2v) is 8.47. The van der Waals surface area contributed by atoms with Gasteiger partial charge in [0.05, 0.1) is 26.2 Å². The van der Waals surface area contributed by atoms with Gasteiger partial charge in [-0.1, -0.05) is 11.6 Å². The van der Waals surface area contributed by atoms with Crippen LogP contribution in [-0.4, -0.2) is 57.3 Å². The van der Waals surface area contributed by atoms with E-state index in [-0.39, 0.29) is 23.2 Å². The van der Waals surface area contributed by atoms with Crippen LogP contribution in [0.1, 0.15) is 25.3 Å². The Kier molecular flexibility index (Phi) is 3.64. The molecule has 0 radical (unpaired) electrons. The fourth-order valence-corrected chi connectivity index (χ4v) is 6.82. The minimum Gasteiger partial charge on any atom is -0.497 e. The average molecular weight is 368 g/mol. The molecule has 144 valence electrons. The van der Waals surface area contributed by atoms with E-state index in [1.807, 2.05) is 6.07 Å². The number of benzene rings is 1. The van der Waals surface area contributed by atoms with E-state index in [0.29, 0.717) is 12.1 Å². The molecule has 27 heavy (non-hydrogen) atoms. The van der Waals surface area contributed by atoms with Crippen molar-refractivity contribution in [3.8, 4) is 5.75 Å². The molecular formula is C22H28N2O3. The highest BCUT2D eigenvalue weighted by atomic mass is 16.5. The van der Waals surface area contributed by atoms with E-state index in [2.05, 4.69) is 42.0 Å². The number of piperidine rings is 2. The zero-order chi connectivity index (χ0) is 18.9. The van der Waals surface area contributed by atoms with Gasteiger partial charge in [0.1, 0.15) is 5.75 Å². The number of carbonyl (C=O) groups is 1. The number of methoxy groups -OCH3 is 2. The van der Waals surface area contributed by atoms with Crippen molar-refractivity contribution >= 4 is 11.7 Å². The normalized spacial score (nSPS) is 37.9. The maximum absolute atomic E-state index is 13.2. The standard InChI is InChI=1S/C22H28N2O3/c1-5-13-12-24-9-8-22-16-10-14(26-3)6-7-17(16)23(2)20(22)18(24)11-15(13)19(22)21(25)27-4/h5-7,10,15,18-20H,8-9,11-12H2,1-4H3/b13-5+/t15-,18-,19+,20-,22-/m0/s1. The van der Waals surface area contributed by atoms with E-state index in [1.54, 1.807) is 14.2 Å². The smallest absolute Gasteiger partial charge is 0.310 e. The topological polar surface area (TPSA) is 42.0 Å². The van der Waals surface area contributed by atoms with Gasteiger partial charge in [0.2, 0.25) is 0 Å². The summed E-state index contributed by atoms with van der Waals surface area (Å²) in [7, 11) is 5.45. The lowest BCUT2D eigenvalue weighted by Gasteiger charge is -2.63. The van der Waals surface area contributed by atoms with Gasteiger partial charge in [0, 0.05) is 30.7 Å². The molecule has 3 aliphatic heterocycles. The molecule has 3 bridgehead atoms. The third kappa shape index (κ3) is 1.96. The fourth-order valence-electron chi connectivity index (χ4n) is 6.82. The van der Waals surface area contributed by atoms with E-state index in [4.69, 9.17) is 9.47 Å². The lowest BCUT2D eigenvalue weighted by atomic mass is 9.50. The van der Waals surface area contributed by atoms with E-state index in [0.717, 1.165) is 31.7 Å². The Morgan fingerprint density at radius 1 is 1.33 bits per heavy atom. The first kappa shape index (κ1) is 17.1. The van der Waals surface area contributed by atoms with Crippen LogP contribution in [0.3, 0.4) is 0 Å². The number of allylic oxidation sites excluding steroid dienone is 1. The summed E-state index contributed by atoms with van der Waals surface area (Å²) in [5.74, 6) is 0.950. The summed E-state index contributed by atoms with van der Waals surface area (Å²) in [5.41, 5.74) is 3.71. The van der Waals surface area contributed by atoms with Gasteiger partial charge < -0.3 is 14.4 Å². The van der Waals surface area contributed by atoms with Crippen molar-refractivity contribution in [2.45, 2.75) is 37.3 Å². The molecule has 1 aromatic carbocycles. The minimum atomic E-state index is -0.204. The highest BCUT2D eigenvalue weighted by Gasteiger charge is 2.68. The number of anilines is 1. The quantitative estimate of drug-likeness (QED) is 0.593. The number of carbonyl (C=O) groups excluding carboxylic acids is 1. The molecule has 3 heterocycles. The number of hydrogen-bond donors (Lipinski definition) is 0. The Bertz CT molecular complexity index is 835. The number of likely N-dealkylation sites (N-methyl/N-ethyl adjacent to an activating group) is 1. The Hall–Kier alpha value is -2.01. The van der Waals surface area contributed by atoms with Crippen LogP contribution in [0, 0.1) is 11.8 Å². The fraction of sp³-hybridized carbons (Fsp3) is 0.591. The zero-order valence-corrected chi connectivity index (χ0v) is 16.6. The molecule has 5 atom stereocenters. The second-order valence-electron chi connectivity index (χ2n) is 8.47. The van der Waals surface area contributed by atoms with Crippen molar-refractivity contribution in [3.63, 3.8) is 0 Å². The van der Waals surface area contributed by atoms with Crippen LogP contribution in [0.5, 0.6) is 5.75 Å². The monoisotopic (exact) mass is 368 g/mol. The van der Waals surface area contributed by atoms with E-state index in [9.17, 15) is 4.79 Å². The summed E-state index contributed by atoms with van der Waals surface area (Å²) in [6.45, 7) is 4.13. The van der Waals surface area contributed by atoms with Crippen LogP contribution in [0.2, 0.25) is 0 Å². The second kappa shape index (κ2) is 5.74. The van der Waals surface area contributed by atoms with Crippen molar-refractivity contribution < 1.29 is 14.3 Å². The van der Waals surface area contributed by atoms with Crippen LogP contribution < -0.4 is 9.64 Å². The molecule has 0 amide bonds. The SMILES string of the molecule is C/C=C1\CN2CC[C@@]34c5cc(OC)ccc5N(C)[C@H]3[C@@H]2C[C@@H]1[C@@H]4C(=O)OC. The lowest BCUT2D eigenvalue weighted by molar-refractivity contribution is -0.158.